The molecule has 0 aliphatic heterocycles. The molecular formula is C12H13N3O3. The van der Waals surface area contributed by atoms with Gasteiger partial charge in [-0.1, -0.05) is 35.5 Å². The first-order valence-corrected chi connectivity index (χ1v) is 5.30. The number of ether oxygens (including phenoxy) is 1. The van der Waals surface area contributed by atoms with Gasteiger partial charge in [0.25, 0.3) is 0 Å². The molecule has 6 heteroatoms. The van der Waals surface area contributed by atoms with Crippen LogP contribution in [0.25, 0.3) is 5.53 Å². The number of esters is 1. The highest BCUT2D eigenvalue weighted by molar-refractivity contribution is 6.67. The lowest BCUT2D eigenvalue weighted by Gasteiger charge is -2.01. The monoisotopic (exact) mass is 247 g/mol. The molecule has 0 saturated heterocycles. The standard InChI is InChI=1S/C12H13N3O3/c1-3-18-12(16)11(14-13)10(15-17-2)9-7-5-4-6-8-9/h4-8H,3H2,1-2H3/b15-10+. The Balaban J connectivity index is 3.18. The molecule has 0 radical (unpaired) electrons. The molecular weight excluding hydrogens is 234 g/mol. The Morgan fingerprint density at radius 1 is 1.39 bits per heavy atom. The van der Waals surface area contributed by atoms with E-state index in [1.54, 1.807) is 31.2 Å². The fourth-order valence-electron chi connectivity index (χ4n) is 1.30. The zero-order valence-corrected chi connectivity index (χ0v) is 10.2. The van der Waals surface area contributed by atoms with E-state index in [9.17, 15) is 4.79 Å². The van der Waals surface area contributed by atoms with Gasteiger partial charge in [-0.3, -0.25) is 0 Å². The highest BCUT2D eigenvalue weighted by Gasteiger charge is 2.30. The van der Waals surface area contributed by atoms with Crippen LogP contribution in [-0.2, 0) is 14.4 Å². The molecule has 18 heavy (non-hydrogen) atoms. The van der Waals surface area contributed by atoms with E-state index in [4.69, 9.17) is 10.3 Å². The third-order valence-electron chi connectivity index (χ3n) is 2.02. The summed E-state index contributed by atoms with van der Waals surface area (Å²) >= 11 is 0. The summed E-state index contributed by atoms with van der Waals surface area (Å²) in [6.07, 6.45) is 0. The van der Waals surface area contributed by atoms with Crippen molar-refractivity contribution in [1.82, 2.24) is 0 Å². The minimum Gasteiger partial charge on any atom is -0.457 e. The second-order valence-corrected chi connectivity index (χ2v) is 3.16. The molecule has 0 unspecified atom stereocenters. The number of rotatable bonds is 5. The van der Waals surface area contributed by atoms with Gasteiger partial charge in [0.2, 0.25) is 5.71 Å². The van der Waals surface area contributed by atoms with Gasteiger partial charge < -0.3 is 15.1 Å². The Hall–Kier alpha value is -2.46. The molecule has 0 amide bonds. The predicted octanol–water partition coefficient (Wildman–Crippen LogP) is 1.27. The number of carbonyl (C=O) groups is 1. The Morgan fingerprint density at radius 2 is 2.06 bits per heavy atom. The largest absolute Gasteiger partial charge is 0.457 e. The fourth-order valence-corrected chi connectivity index (χ4v) is 1.30. The number of hydrogen-bond donors (Lipinski definition) is 0. The molecule has 0 aliphatic rings. The smallest absolute Gasteiger partial charge is 0.428 e. The van der Waals surface area contributed by atoms with Crippen molar-refractivity contribution < 1.29 is 19.2 Å². The molecule has 0 fully saturated rings. The van der Waals surface area contributed by atoms with Crippen molar-refractivity contribution in [1.29, 1.82) is 0 Å². The van der Waals surface area contributed by atoms with Crippen molar-refractivity contribution >= 4 is 17.4 Å². The summed E-state index contributed by atoms with van der Waals surface area (Å²) in [6, 6.07) is 8.76. The molecule has 0 aromatic heterocycles. The zero-order valence-electron chi connectivity index (χ0n) is 10.2. The van der Waals surface area contributed by atoms with Gasteiger partial charge in [-0.25, -0.2) is 4.79 Å². The maximum atomic E-state index is 11.6. The Labute approximate surface area is 104 Å². The predicted molar refractivity (Wildman–Crippen MR) is 65.2 cm³/mol. The lowest BCUT2D eigenvalue weighted by Crippen LogP contribution is -2.28. The van der Waals surface area contributed by atoms with Crippen LogP contribution in [0, 0.1) is 0 Å². The van der Waals surface area contributed by atoms with Crippen LogP contribution in [-0.4, -0.2) is 35.9 Å². The molecule has 0 N–H and O–H groups in total. The first-order valence-electron chi connectivity index (χ1n) is 5.30. The van der Waals surface area contributed by atoms with E-state index in [-0.39, 0.29) is 18.0 Å². The summed E-state index contributed by atoms with van der Waals surface area (Å²) in [5.74, 6) is -0.764. The van der Waals surface area contributed by atoms with Crippen LogP contribution >= 0.6 is 0 Å². The molecule has 0 atom stereocenters. The SMILES string of the molecule is CCOC(=O)C(=[N+]=[N-])/C(=N/OC)c1ccccc1. The average Bonchev–Trinajstić information content (AvgIpc) is 2.40. The van der Waals surface area contributed by atoms with Gasteiger partial charge in [-0.2, -0.15) is 4.79 Å². The van der Waals surface area contributed by atoms with Gasteiger partial charge in [-0.05, 0) is 6.92 Å². The number of carbonyl (C=O) groups excluding carboxylic acids is 1. The number of nitrogens with zero attached hydrogens (tertiary/aromatic N) is 3. The van der Waals surface area contributed by atoms with E-state index in [1.165, 1.54) is 7.11 Å². The van der Waals surface area contributed by atoms with E-state index in [1.807, 2.05) is 6.07 Å². The quantitative estimate of drug-likeness (QED) is 0.258. The van der Waals surface area contributed by atoms with Gasteiger partial charge in [0.1, 0.15) is 7.11 Å². The van der Waals surface area contributed by atoms with E-state index < -0.39 is 5.97 Å². The molecule has 1 aromatic rings. The molecule has 0 bridgehead atoms. The van der Waals surface area contributed by atoms with Crippen molar-refractivity contribution in [3.8, 4) is 0 Å². The van der Waals surface area contributed by atoms with E-state index >= 15 is 0 Å². The maximum absolute atomic E-state index is 11.6. The molecule has 94 valence electrons. The van der Waals surface area contributed by atoms with Gasteiger partial charge >= 0.3 is 11.7 Å². The van der Waals surface area contributed by atoms with E-state index in [0.717, 1.165) is 0 Å². The van der Waals surface area contributed by atoms with Crippen molar-refractivity contribution in [3.63, 3.8) is 0 Å². The van der Waals surface area contributed by atoms with Crippen molar-refractivity contribution in [3.05, 3.63) is 41.4 Å². The van der Waals surface area contributed by atoms with Crippen LogP contribution in [0.3, 0.4) is 0 Å². The number of benzene rings is 1. The van der Waals surface area contributed by atoms with Crippen molar-refractivity contribution in [2.24, 2.45) is 5.16 Å². The molecule has 0 aliphatic carbocycles. The molecule has 6 nitrogen and oxygen atoms in total. The summed E-state index contributed by atoms with van der Waals surface area (Å²) in [7, 11) is 1.34. The average molecular weight is 247 g/mol. The normalized spacial score (nSPS) is 10.4. The van der Waals surface area contributed by atoms with Crippen molar-refractivity contribution in [2.75, 3.05) is 13.7 Å². The van der Waals surface area contributed by atoms with Gasteiger partial charge in [0.15, 0.2) is 0 Å². The topological polar surface area (TPSA) is 84.3 Å². The zero-order chi connectivity index (χ0) is 13.4. The Morgan fingerprint density at radius 3 is 2.56 bits per heavy atom. The molecule has 0 heterocycles. The lowest BCUT2D eigenvalue weighted by atomic mass is 10.1. The van der Waals surface area contributed by atoms with E-state index in [0.29, 0.717) is 5.56 Å². The van der Waals surface area contributed by atoms with Crippen molar-refractivity contribution in [2.45, 2.75) is 6.92 Å². The fraction of sp³-hybridized carbons (Fsp3) is 0.250. The van der Waals surface area contributed by atoms with E-state index in [2.05, 4.69) is 14.8 Å². The molecule has 0 saturated carbocycles. The van der Waals surface area contributed by atoms with Crippen LogP contribution in [0.1, 0.15) is 12.5 Å². The first-order chi connectivity index (χ1) is 8.74. The van der Waals surface area contributed by atoms with Gasteiger partial charge in [-0.15, -0.1) is 0 Å². The highest BCUT2D eigenvalue weighted by atomic mass is 16.6. The number of hydrogen-bond acceptors (Lipinski definition) is 4. The minimum atomic E-state index is -0.764. The van der Waals surface area contributed by atoms with Crippen LogP contribution in [0.5, 0.6) is 0 Å². The second kappa shape index (κ2) is 6.98. The van der Waals surface area contributed by atoms with Crippen LogP contribution in [0.4, 0.5) is 0 Å². The molecule has 0 spiro atoms. The lowest BCUT2D eigenvalue weighted by molar-refractivity contribution is -0.139. The molecule has 1 aromatic carbocycles. The Bertz CT molecular complexity index is 491. The first kappa shape index (κ1) is 13.6. The third kappa shape index (κ3) is 3.26. The second-order valence-electron chi connectivity index (χ2n) is 3.16. The summed E-state index contributed by atoms with van der Waals surface area (Å²) in [4.78, 5) is 19.2. The summed E-state index contributed by atoms with van der Waals surface area (Å²) in [5.41, 5.74) is 9.32. The summed E-state index contributed by atoms with van der Waals surface area (Å²) in [6.45, 7) is 1.83. The van der Waals surface area contributed by atoms with Gasteiger partial charge in [0.05, 0.1) is 6.61 Å². The Kier molecular flexibility index (Phi) is 5.28. The van der Waals surface area contributed by atoms with Crippen LogP contribution in [0.2, 0.25) is 0 Å². The highest BCUT2D eigenvalue weighted by Crippen LogP contribution is 2.04. The summed E-state index contributed by atoms with van der Waals surface area (Å²) < 4.78 is 4.78. The minimum absolute atomic E-state index is 0.110. The third-order valence-corrected chi connectivity index (χ3v) is 2.02. The van der Waals surface area contributed by atoms with Gasteiger partial charge in [0, 0.05) is 5.56 Å². The maximum Gasteiger partial charge on any atom is 0.428 e. The van der Waals surface area contributed by atoms with Crippen LogP contribution in [0.15, 0.2) is 35.5 Å². The van der Waals surface area contributed by atoms with Crippen LogP contribution < -0.4 is 0 Å². The number of oxime groups is 1. The summed E-state index contributed by atoms with van der Waals surface area (Å²) in [5, 5.41) is 3.69. The molecule has 1 rings (SSSR count).